The van der Waals surface area contributed by atoms with E-state index in [4.69, 9.17) is 5.73 Å². The van der Waals surface area contributed by atoms with E-state index in [-0.39, 0.29) is 11.7 Å². The second-order valence-corrected chi connectivity index (χ2v) is 5.05. The normalized spacial score (nSPS) is 10.4. The molecule has 110 valence electrons. The second-order valence-electron chi connectivity index (χ2n) is 5.05. The molecule has 0 heterocycles. The molecule has 0 saturated heterocycles. The molecule has 0 saturated carbocycles. The number of carbonyl (C=O) groups is 1. The zero-order chi connectivity index (χ0) is 15.2. The molecule has 0 aliphatic carbocycles. The third kappa shape index (κ3) is 4.07. The molecule has 0 atom stereocenters. The van der Waals surface area contributed by atoms with E-state index in [9.17, 15) is 9.90 Å². The highest BCUT2D eigenvalue weighted by Crippen LogP contribution is 2.19. The van der Waals surface area contributed by atoms with Gasteiger partial charge in [0.1, 0.15) is 5.75 Å². The average Bonchev–Trinajstić information content (AvgIpc) is 2.48. The van der Waals surface area contributed by atoms with Crippen molar-refractivity contribution in [2.45, 2.75) is 19.8 Å². The van der Waals surface area contributed by atoms with Crippen LogP contribution in [0.4, 0.5) is 5.69 Å². The quantitative estimate of drug-likeness (QED) is 0.790. The molecular formula is C17H20N2O2. The highest BCUT2D eigenvalue weighted by atomic mass is 16.3. The number of hydrogen-bond donors (Lipinski definition) is 3. The van der Waals surface area contributed by atoms with Crippen molar-refractivity contribution in [1.29, 1.82) is 0 Å². The Morgan fingerprint density at radius 2 is 2.05 bits per heavy atom. The maximum absolute atomic E-state index is 12.2. The first-order chi connectivity index (χ1) is 10.1. The summed E-state index contributed by atoms with van der Waals surface area (Å²) >= 11 is 0. The number of anilines is 1. The highest BCUT2D eigenvalue weighted by molar-refractivity contribution is 6.04. The number of amides is 1. The minimum atomic E-state index is -0.235. The van der Waals surface area contributed by atoms with E-state index in [1.807, 2.05) is 24.3 Å². The Labute approximate surface area is 124 Å². The number of carbonyl (C=O) groups excluding carboxylic acids is 1. The molecule has 1 amide bonds. The summed E-state index contributed by atoms with van der Waals surface area (Å²) in [5.74, 6) is -0.111. The van der Waals surface area contributed by atoms with Crippen LogP contribution < -0.4 is 11.1 Å². The lowest BCUT2D eigenvalue weighted by molar-refractivity contribution is 0.102. The van der Waals surface area contributed by atoms with E-state index in [1.54, 1.807) is 19.1 Å². The first-order valence-electron chi connectivity index (χ1n) is 7.00. The third-order valence-corrected chi connectivity index (χ3v) is 3.33. The molecule has 0 radical (unpaired) electrons. The van der Waals surface area contributed by atoms with Crippen LogP contribution in [0.5, 0.6) is 5.75 Å². The van der Waals surface area contributed by atoms with E-state index in [0.29, 0.717) is 12.1 Å². The number of rotatable bonds is 5. The molecule has 2 rings (SSSR count). The van der Waals surface area contributed by atoms with Gasteiger partial charge in [0, 0.05) is 11.3 Å². The van der Waals surface area contributed by atoms with Crippen LogP contribution in [0.1, 0.15) is 27.9 Å². The van der Waals surface area contributed by atoms with Crippen LogP contribution in [0.3, 0.4) is 0 Å². The third-order valence-electron chi connectivity index (χ3n) is 3.33. The number of hydrogen-bond acceptors (Lipinski definition) is 3. The lowest BCUT2D eigenvalue weighted by Gasteiger charge is -2.08. The predicted octanol–water partition coefficient (Wildman–Crippen LogP) is 2.84. The number of benzene rings is 2. The molecule has 0 bridgehead atoms. The van der Waals surface area contributed by atoms with E-state index >= 15 is 0 Å². The summed E-state index contributed by atoms with van der Waals surface area (Å²) < 4.78 is 0. The standard InChI is InChI=1S/C17H20N2O2/c1-12-7-8-14(11-16(12)20)17(21)19-15-6-2-4-13(10-15)5-3-9-18/h2,4,6-8,10-11,20H,3,5,9,18H2,1H3,(H,19,21). The molecule has 4 nitrogen and oxygen atoms in total. The highest BCUT2D eigenvalue weighted by Gasteiger charge is 2.08. The van der Waals surface area contributed by atoms with E-state index in [1.165, 1.54) is 6.07 Å². The summed E-state index contributed by atoms with van der Waals surface area (Å²) in [5.41, 5.74) is 8.57. The molecule has 0 aromatic heterocycles. The van der Waals surface area contributed by atoms with Crippen LogP contribution in [0.2, 0.25) is 0 Å². The Kier molecular flexibility index (Phi) is 4.95. The van der Waals surface area contributed by atoms with Crippen molar-refractivity contribution in [3.63, 3.8) is 0 Å². The summed E-state index contributed by atoms with van der Waals surface area (Å²) in [6.45, 7) is 2.44. The van der Waals surface area contributed by atoms with Gasteiger partial charge in [0.2, 0.25) is 0 Å². The van der Waals surface area contributed by atoms with E-state index in [2.05, 4.69) is 5.32 Å². The van der Waals surface area contributed by atoms with Crippen LogP contribution in [-0.4, -0.2) is 17.6 Å². The van der Waals surface area contributed by atoms with Crippen molar-refractivity contribution in [2.75, 3.05) is 11.9 Å². The fraction of sp³-hybridized carbons (Fsp3) is 0.235. The predicted molar refractivity (Wildman–Crippen MR) is 84.6 cm³/mol. The lowest BCUT2D eigenvalue weighted by Crippen LogP contribution is -2.12. The zero-order valence-corrected chi connectivity index (χ0v) is 12.1. The molecule has 2 aromatic rings. The molecule has 0 aliphatic rings. The fourth-order valence-corrected chi connectivity index (χ4v) is 2.06. The van der Waals surface area contributed by atoms with Crippen molar-refractivity contribution >= 4 is 11.6 Å². The molecule has 0 fully saturated rings. The van der Waals surface area contributed by atoms with Gasteiger partial charge < -0.3 is 16.2 Å². The van der Waals surface area contributed by atoms with Crippen molar-refractivity contribution in [1.82, 2.24) is 0 Å². The minimum Gasteiger partial charge on any atom is -0.508 e. The molecule has 0 unspecified atom stereocenters. The summed E-state index contributed by atoms with van der Waals surface area (Å²) in [6, 6.07) is 12.6. The topological polar surface area (TPSA) is 75.4 Å². The first-order valence-corrected chi connectivity index (χ1v) is 7.00. The van der Waals surface area contributed by atoms with Crippen molar-refractivity contribution in [3.05, 3.63) is 59.2 Å². The number of phenolic OH excluding ortho intramolecular Hbond substituents is 1. The van der Waals surface area contributed by atoms with Gasteiger partial charge >= 0.3 is 0 Å². The second kappa shape index (κ2) is 6.90. The van der Waals surface area contributed by atoms with Gasteiger partial charge in [-0.15, -0.1) is 0 Å². The van der Waals surface area contributed by atoms with Gasteiger partial charge in [0.15, 0.2) is 0 Å². The maximum atomic E-state index is 12.2. The van der Waals surface area contributed by atoms with Crippen molar-refractivity contribution < 1.29 is 9.90 Å². The Morgan fingerprint density at radius 3 is 2.76 bits per heavy atom. The van der Waals surface area contributed by atoms with E-state index in [0.717, 1.165) is 29.7 Å². The molecule has 2 aromatic carbocycles. The smallest absolute Gasteiger partial charge is 0.255 e. The Hall–Kier alpha value is -2.33. The number of phenols is 1. The monoisotopic (exact) mass is 284 g/mol. The van der Waals surface area contributed by atoms with Crippen LogP contribution in [0.15, 0.2) is 42.5 Å². The van der Waals surface area contributed by atoms with Crippen LogP contribution in [-0.2, 0) is 6.42 Å². The first kappa shape index (κ1) is 15.1. The number of nitrogens with two attached hydrogens (primary N) is 1. The van der Waals surface area contributed by atoms with Crippen molar-refractivity contribution in [3.8, 4) is 5.75 Å². The molecule has 0 spiro atoms. The number of aryl methyl sites for hydroxylation is 2. The molecule has 4 N–H and O–H groups in total. The summed E-state index contributed by atoms with van der Waals surface area (Å²) in [4.78, 5) is 12.2. The average molecular weight is 284 g/mol. The van der Waals surface area contributed by atoms with Gasteiger partial charge in [-0.1, -0.05) is 18.2 Å². The van der Waals surface area contributed by atoms with Crippen molar-refractivity contribution in [2.24, 2.45) is 5.73 Å². The number of aromatic hydroxyl groups is 1. The Morgan fingerprint density at radius 1 is 1.24 bits per heavy atom. The molecular weight excluding hydrogens is 264 g/mol. The SMILES string of the molecule is Cc1ccc(C(=O)Nc2cccc(CCCN)c2)cc1O. The lowest BCUT2D eigenvalue weighted by atomic mass is 10.1. The van der Waals surface area contributed by atoms with Gasteiger partial charge in [-0.05, 0) is 61.7 Å². The molecule has 21 heavy (non-hydrogen) atoms. The molecule has 0 aliphatic heterocycles. The van der Waals surface area contributed by atoms with Gasteiger partial charge in [-0.3, -0.25) is 4.79 Å². The van der Waals surface area contributed by atoms with Crippen LogP contribution in [0.25, 0.3) is 0 Å². The Bertz CT molecular complexity index is 638. The van der Waals surface area contributed by atoms with Gasteiger partial charge in [-0.2, -0.15) is 0 Å². The van der Waals surface area contributed by atoms with Gasteiger partial charge in [-0.25, -0.2) is 0 Å². The Balaban J connectivity index is 2.10. The van der Waals surface area contributed by atoms with E-state index < -0.39 is 0 Å². The summed E-state index contributed by atoms with van der Waals surface area (Å²) in [5, 5.41) is 12.5. The van der Waals surface area contributed by atoms with Crippen LogP contribution in [0, 0.1) is 6.92 Å². The number of nitrogens with one attached hydrogen (secondary N) is 1. The minimum absolute atomic E-state index is 0.124. The van der Waals surface area contributed by atoms with Gasteiger partial charge in [0.25, 0.3) is 5.91 Å². The largest absolute Gasteiger partial charge is 0.508 e. The zero-order valence-electron chi connectivity index (χ0n) is 12.1. The molecule has 4 heteroatoms. The maximum Gasteiger partial charge on any atom is 0.255 e. The summed E-state index contributed by atoms with van der Waals surface area (Å²) in [6.07, 6.45) is 1.81. The summed E-state index contributed by atoms with van der Waals surface area (Å²) in [7, 11) is 0. The fourth-order valence-electron chi connectivity index (χ4n) is 2.06. The van der Waals surface area contributed by atoms with Gasteiger partial charge in [0.05, 0.1) is 0 Å². The van der Waals surface area contributed by atoms with Crippen LogP contribution >= 0.6 is 0 Å².